The monoisotopic (exact) mass is 255 g/mol. The highest BCUT2D eigenvalue weighted by molar-refractivity contribution is 6.33. The number of ether oxygens (including phenoxy) is 1. The van der Waals surface area contributed by atoms with Crippen LogP contribution in [0.1, 0.15) is 12.8 Å². The summed E-state index contributed by atoms with van der Waals surface area (Å²) in [6, 6.07) is 0. The van der Waals surface area contributed by atoms with Gasteiger partial charge in [0.05, 0.1) is 18.5 Å². The molecule has 6 heteroatoms. The molecule has 2 aliphatic heterocycles. The molecular formula is C11H14ClN3O2. The molecule has 2 fully saturated rings. The molecule has 1 aromatic heterocycles. The van der Waals surface area contributed by atoms with Crippen LogP contribution in [0.3, 0.4) is 0 Å². The summed E-state index contributed by atoms with van der Waals surface area (Å²) >= 11 is 6.01. The fourth-order valence-electron chi connectivity index (χ4n) is 2.71. The van der Waals surface area contributed by atoms with E-state index in [9.17, 15) is 4.79 Å². The second-order valence-corrected chi connectivity index (χ2v) is 5.25. The highest BCUT2D eigenvalue weighted by Crippen LogP contribution is 2.40. The largest absolute Gasteiger partial charge is 0.381 e. The lowest BCUT2D eigenvalue weighted by molar-refractivity contribution is 0.160. The Morgan fingerprint density at radius 1 is 1.53 bits per heavy atom. The first-order chi connectivity index (χ1) is 8.20. The smallest absolute Gasteiger partial charge is 0.285 e. The van der Waals surface area contributed by atoms with Crippen molar-refractivity contribution in [3.05, 3.63) is 21.6 Å². The van der Waals surface area contributed by atoms with Crippen LogP contribution in [0.25, 0.3) is 0 Å². The normalized spacial score (nSPS) is 28.2. The summed E-state index contributed by atoms with van der Waals surface area (Å²) in [6.07, 6.45) is 3.81. The summed E-state index contributed by atoms with van der Waals surface area (Å²) in [5, 5.41) is 6.38. The third-order valence-electron chi connectivity index (χ3n) is 3.74. The minimum Gasteiger partial charge on any atom is -0.381 e. The van der Waals surface area contributed by atoms with Crippen molar-refractivity contribution >= 4 is 17.3 Å². The fraction of sp³-hybridized carbons (Fsp3) is 0.636. The van der Waals surface area contributed by atoms with E-state index in [-0.39, 0.29) is 16.0 Å². The van der Waals surface area contributed by atoms with E-state index < -0.39 is 0 Å². The van der Waals surface area contributed by atoms with Gasteiger partial charge in [-0.05, 0) is 12.8 Å². The average molecular weight is 256 g/mol. The molecule has 92 valence electrons. The maximum Gasteiger partial charge on any atom is 0.285 e. The molecule has 0 bridgehead atoms. The van der Waals surface area contributed by atoms with Crippen LogP contribution in [0.5, 0.6) is 0 Å². The first-order valence-corrected chi connectivity index (χ1v) is 6.14. The third kappa shape index (κ3) is 1.83. The Morgan fingerprint density at radius 2 is 2.41 bits per heavy atom. The van der Waals surface area contributed by atoms with Crippen LogP contribution in [0, 0.1) is 5.41 Å². The van der Waals surface area contributed by atoms with Crippen LogP contribution < -0.4 is 10.5 Å². The summed E-state index contributed by atoms with van der Waals surface area (Å²) in [6.45, 7) is 3.47. The lowest BCUT2D eigenvalue weighted by Crippen LogP contribution is -2.28. The first kappa shape index (κ1) is 11.0. The van der Waals surface area contributed by atoms with Crippen molar-refractivity contribution in [1.82, 2.24) is 10.2 Å². The van der Waals surface area contributed by atoms with Crippen molar-refractivity contribution in [3.8, 4) is 0 Å². The van der Waals surface area contributed by atoms with E-state index in [0.717, 1.165) is 44.8 Å². The molecular weight excluding hydrogens is 242 g/mol. The molecule has 1 spiro atoms. The number of nitrogens with one attached hydrogen (secondary N) is 1. The minimum absolute atomic E-state index is 0.232. The number of hydrogen-bond donors (Lipinski definition) is 1. The van der Waals surface area contributed by atoms with Gasteiger partial charge in [0.15, 0.2) is 0 Å². The van der Waals surface area contributed by atoms with Crippen LogP contribution in [0.15, 0.2) is 11.0 Å². The predicted octanol–water partition coefficient (Wildman–Crippen LogP) is 1.04. The van der Waals surface area contributed by atoms with Crippen LogP contribution in [0.2, 0.25) is 5.02 Å². The Kier molecular flexibility index (Phi) is 2.60. The minimum atomic E-state index is -0.326. The van der Waals surface area contributed by atoms with Crippen molar-refractivity contribution in [1.29, 1.82) is 0 Å². The third-order valence-corrected chi connectivity index (χ3v) is 4.11. The molecule has 0 aromatic carbocycles. The summed E-state index contributed by atoms with van der Waals surface area (Å²) in [5.41, 5.74) is 0.665. The van der Waals surface area contributed by atoms with Crippen molar-refractivity contribution < 1.29 is 4.74 Å². The number of aromatic amines is 1. The molecule has 5 nitrogen and oxygen atoms in total. The van der Waals surface area contributed by atoms with Crippen LogP contribution in [0.4, 0.5) is 5.69 Å². The van der Waals surface area contributed by atoms with E-state index in [1.54, 1.807) is 6.20 Å². The molecule has 1 aromatic rings. The van der Waals surface area contributed by atoms with Gasteiger partial charge >= 0.3 is 0 Å². The number of halogens is 1. The van der Waals surface area contributed by atoms with Gasteiger partial charge in [-0.15, -0.1) is 0 Å². The Labute approximate surface area is 104 Å². The number of aromatic nitrogens is 2. The van der Waals surface area contributed by atoms with Crippen molar-refractivity contribution in [3.63, 3.8) is 0 Å². The van der Waals surface area contributed by atoms with Gasteiger partial charge in [-0.1, -0.05) is 11.6 Å². The topological polar surface area (TPSA) is 58.2 Å². The molecule has 3 heterocycles. The number of rotatable bonds is 1. The van der Waals surface area contributed by atoms with Crippen LogP contribution >= 0.6 is 11.6 Å². The lowest BCUT2D eigenvalue weighted by atomic mass is 9.87. The van der Waals surface area contributed by atoms with Gasteiger partial charge in [0.2, 0.25) is 0 Å². The Bertz CT molecular complexity index is 482. The molecule has 1 N–H and O–H groups in total. The lowest BCUT2D eigenvalue weighted by Gasteiger charge is -2.23. The van der Waals surface area contributed by atoms with Gasteiger partial charge in [-0.2, -0.15) is 5.10 Å². The zero-order chi connectivity index (χ0) is 11.9. The van der Waals surface area contributed by atoms with Crippen molar-refractivity contribution in [2.45, 2.75) is 12.8 Å². The zero-order valence-corrected chi connectivity index (χ0v) is 10.2. The molecule has 0 radical (unpaired) electrons. The standard InChI is InChI=1S/C11H14ClN3O2/c12-9-8(5-13-14-10(9)16)15-3-1-11(6-15)2-4-17-7-11/h5H,1-4,6-7H2,(H,14,16). The maximum atomic E-state index is 11.4. The molecule has 2 aliphatic rings. The highest BCUT2D eigenvalue weighted by atomic mass is 35.5. The summed E-state index contributed by atoms with van der Waals surface area (Å²) in [7, 11) is 0. The van der Waals surface area contributed by atoms with E-state index in [1.165, 1.54) is 0 Å². The number of H-pyrrole nitrogens is 1. The van der Waals surface area contributed by atoms with Gasteiger partial charge < -0.3 is 9.64 Å². The highest BCUT2D eigenvalue weighted by Gasteiger charge is 2.41. The first-order valence-electron chi connectivity index (χ1n) is 5.76. The Hall–Kier alpha value is -1.07. The van der Waals surface area contributed by atoms with Crippen LogP contribution in [-0.2, 0) is 4.74 Å². The van der Waals surface area contributed by atoms with E-state index >= 15 is 0 Å². The number of anilines is 1. The van der Waals surface area contributed by atoms with E-state index in [2.05, 4.69) is 15.1 Å². The quantitative estimate of drug-likeness (QED) is 0.815. The molecule has 0 aliphatic carbocycles. The fourth-order valence-corrected chi connectivity index (χ4v) is 2.92. The molecule has 0 amide bonds. The summed E-state index contributed by atoms with van der Waals surface area (Å²) < 4.78 is 5.48. The average Bonchev–Trinajstić information content (AvgIpc) is 2.94. The Balaban J connectivity index is 1.87. The second-order valence-electron chi connectivity index (χ2n) is 4.87. The van der Waals surface area contributed by atoms with Gasteiger partial charge in [0.1, 0.15) is 5.02 Å². The molecule has 2 saturated heterocycles. The van der Waals surface area contributed by atoms with Crippen molar-refractivity contribution in [2.24, 2.45) is 5.41 Å². The predicted molar refractivity (Wildman–Crippen MR) is 64.6 cm³/mol. The molecule has 3 rings (SSSR count). The molecule has 1 atom stereocenters. The van der Waals surface area contributed by atoms with E-state index in [4.69, 9.17) is 16.3 Å². The Morgan fingerprint density at radius 3 is 3.18 bits per heavy atom. The van der Waals surface area contributed by atoms with Gasteiger partial charge in [-0.25, -0.2) is 5.10 Å². The van der Waals surface area contributed by atoms with Crippen LogP contribution in [-0.4, -0.2) is 36.5 Å². The molecule has 1 unspecified atom stereocenters. The van der Waals surface area contributed by atoms with Gasteiger partial charge in [0, 0.05) is 25.1 Å². The zero-order valence-electron chi connectivity index (χ0n) is 9.41. The number of hydrogen-bond acceptors (Lipinski definition) is 4. The van der Waals surface area contributed by atoms with Gasteiger partial charge in [-0.3, -0.25) is 4.79 Å². The molecule has 17 heavy (non-hydrogen) atoms. The van der Waals surface area contributed by atoms with Gasteiger partial charge in [0.25, 0.3) is 5.56 Å². The maximum absolute atomic E-state index is 11.4. The van der Waals surface area contributed by atoms with Crippen molar-refractivity contribution in [2.75, 3.05) is 31.2 Å². The number of nitrogens with zero attached hydrogens (tertiary/aromatic N) is 2. The van der Waals surface area contributed by atoms with E-state index in [1.807, 2.05) is 0 Å². The summed E-state index contributed by atoms with van der Waals surface area (Å²) in [4.78, 5) is 13.5. The molecule has 0 saturated carbocycles. The SMILES string of the molecule is O=c1[nH]ncc(N2CCC3(CCOC3)C2)c1Cl. The summed E-state index contributed by atoms with van der Waals surface area (Å²) in [5.74, 6) is 0. The second kappa shape index (κ2) is 3.99. The van der Waals surface area contributed by atoms with E-state index in [0.29, 0.717) is 0 Å².